The van der Waals surface area contributed by atoms with Gasteiger partial charge in [0.1, 0.15) is 12.1 Å². The Kier molecular flexibility index (Phi) is 4.53. The summed E-state index contributed by atoms with van der Waals surface area (Å²) in [6.45, 7) is 4.32. The van der Waals surface area contributed by atoms with E-state index in [0.717, 1.165) is 18.9 Å². The van der Waals surface area contributed by atoms with Crippen molar-refractivity contribution in [3.8, 4) is 0 Å². The second kappa shape index (κ2) is 6.14. The number of anilines is 1. The molecule has 4 nitrogen and oxygen atoms in total. The van der Waals surface area contributed by atoms with Gasteiger partial charge < -0.3 is 5.32 Å². The van der Waals surface area contributed by atoms with Crippen molar-refractivity contribution in [2.75, 3.05) is 25.5 Å². The van der Waals surface area contributed by atoms with Crippen molar-refractivity contribution in [2.24, 2.45) is 0 Å². The fraction of sp³-hybridized carbons (Fsp3) is 0.714. The Morgan fingerprint density at radius 2 is 2.11 bits per heavy atom. The zero-order valence-electron chi connectivity index (χ0n) is 11.5. The Morgan fingerprint density at radius 3 is 2.72 bits per heavy atom. The van der Waals surface area contributed by atoms with Crippen LogP contribution in [0.5, 0.6) is 0 Å². The summed E-state index contributed by atoms with van der Waals surface area (Å²) in [6, 6.07) is 1.93. The van der Waals surface area contributed by atoms with Crippen molar-refractivity contribution >= 4 is 5.82 Å². The van der Waals surface area contributed by atoms with Crippen LogP contribution in [-0.2, 0) is 0 Å². The Balaban J connectivity index is 2.01. The molecular weight excluding hydrogens is 224 g/mol. The van der Waals surface area contributed by atoms with Crippen molar-refractivity contribution < 1.29 is 0 Å². The molecule has 0 aromatic carbocycles. The molecule has 1 fully saturated rings. The first-order valence-electron chi connectivity index (χ1n) is 6.98. The SMILES string of the molecule is CCN(C)C1(CNc2ccncn2)CCCCC1. The lowest BCUT2D eigenvalue weighted by Gasteiger charge is -2.44. The molecular formula is C14H24N4. The summed E-state index contributed by atoms with van der Waals surface area (Å²) in [4.78, 5) is 10.7. The first-order chi connectivity index (χ1) is 8.77. The van der Waals surface area contributed by atoms with Crippen LogP contribution < -0.4 is 5.32 Å². The summed E-state index contributed by atoms with van der Waals surface area (Å²) in [6.07, 6.45) is 10.0. The van der Waals surface area contributed by atoms with Crippen molar-refractivity contribution in [3.05, 3.63) is 18.6 Å². The Bertz CT molecular complexity index is 346. The lowest BCUT2D eigenvalue weighted by Crippen LogP contribution is -2.52. The predicted molar refractivity (Wildman–Crippen MR) is 74.6 cm³/mol. The number of nitrogens with one attached hydrogen (secondary N) is 1. The topological polar surface area (TPSA) is 41.0 Å². The van der Waals surface area contributed by atoms with Gasteiger partial charge in [-0.25, -0.2) is 9.97 Å². The minimum Gasteiger partial charge on any atom is -0.368 e. The summed E-state index contributed by atoms with van der Waals surface area (Å²) >= 11 is 0. The van der Waals surface area contributed by atoms with Crippen molar-refractivity contribution in [1.29, 1.82) is 0 Å². The molecule has 2 rings (SSSR count). The first-order valence-corrected chi connectivity index (χ1v) is 6.98. The molecule has 0 unspecified atom stereocenters. The second-order valence-electron chi connectivity index (χ2n) is 5.25. The summed E-state index contributed by atoms with van der Waals surface area (Å²) in [5.41, 5.74) is 0.304. The standard InChI is InChI=1S/C14H24N4/c1-3-18(2)14(8-5-4-6-9-14)11-16-13-7-10-15-12-17-13/h7,10,12H,3-6,8-9,11H2,1-2H3,(H,15,16,17). The summed E-state index contributed by atoms with van der Waals surface area (Å²) in [7, 11) is 2.24. The summed E-state index contributed by atoms with van der Waals surface area (Å²) in [5.74, 6) is 0.930. The maximum Gasteiger partial charge on any atom is 0.129 e. The Labute approximate surface area is 110 Å². The van der Waals surface area contributed by atoms with E-state index in [-0.39, 0.29) is 0 Å². The van der Waals surface area contributed by atoms with Crippen molar-refractivity contribution in [1.82, 2.24) is 14.9 Å². The summed E-state index contributed by atoms with van der Waals surface area (Å²) < 4.78 is 0. The van der Waals surface area contributed by atoms with Gasteiger partial charge in [-0.3, -0.25) is 4.90 Å². The molecule has 0 amide bonds. The highest BCUT2D eigenvalue weighted by Crippen LogP contribution is 2.32. The molecule has 0 atom stereocenters. The van der Waals surface area contributed by atoms with Gasteiger partial charge in [0.2, 0.25) is 0 Å². The van der Waals surface area contributed by atoms with Crippen LogP contribution >= 0.6 is 0 Å². The van der Waals surface area contributed by atoms with Crippen LogP contribution in [0.1, 0.15) is 39.0 Å². The van der Waals surface area contributed by atoms with Crippen LogP contribution in [0.3, 0.4) is 0 Å². The molecule has 0 aliphatic heterocycles. The predicted octanol–water partition coefficient (Wildman–Crippen LogP) is 2.54. The molecule has 1 aromatic rings. The molecule has 0 saturated heterocycles. The maximum absolute atomic E-state index is 4.24. The van der Waals surface area contributed by atoms with E-state index in [1.54, 1.807) is 12.5 Å². The van der Waals surface area contributed by atoms with Crippen molar-refractivity contribution in [2.45, 2.75) is 44.6 Å². The van der Waals surface area contributed by atoms with Gasteiger partial charge in [0.25, 0.3) is 0 Å². The molecule has 1 aliphatic rings. The third-order valence-corrected chi connectivity index (χ3v) is 4.25. The Hall–Kier alpha value is -1.16. The van der Waals surface area contributed by atoms with Gasteiger partial charge >= 0.3 is 0 Å². The normalized spacial score (nSPS) is 18.8. The number of nitrogens with zero attached hydrogens (tertiary/aromatic N) is 3. The number of aromatic nitrogens is 2. The highest BCUT2D eigenvalue weighted by Gasteiger charge is 2.35. The fourth-order valence-corrected chi connectivity index (χ4v) is 2.89. The van der Waals surface area contributed by atoms with E-state index in [9.17, 15) is 0 Å². The van der Waals surface area contributed by atoms with Gasteiger partial charge in [0.15, 0.2) is 0 Å². The molecule has 1 saturated carbocycles. The minimum atomic E-state index is 0.304. The third kappa shape index (κ3) is 2.99. The van der Waals surface area contributed by atoms with Crippen LogP contribution in [-0.4, -0.2) is 40.5 Å². The van der Waals surface area contributed by atoms with Crippen LogP contribution in [0.25, 0.3) is 0 Å². The van der Waals surface area contributed by atoms with Gasteiger partial charge in [0, 0.05) is 18.3 Å². The van der Waals surface area contributed by atoms with Gasteiger partial charge in [-0.15, -0.1) is 0 Å². The number of likely N-dealkylation sites (N-methyl/N-ethyl adjacent to an activating group) is 1. The van der Waals surface area contributed by atoms with Crippen LogP contribution in [0.4, 0.5) is 5.82 Å². The van der Waals surface area contributed by atoms with Crippen molar-refractivity contribution in [3.63, 3.8) is 0 Å². The first kappa shape index (κ1) is 13.3. The van der Waals surface area contributed by atoms with E-state index in [2.05, 4.69) is 34.2 Å². The zero-order chi connectivity index (χ0) is 12.8. The third-order valence-electron chi connectivity index (χ3n) is 4.25. The molecule has 0 bridgehead atoms. The smallest absolute Gasteiger partial charge is 0.129 e. The second-order valence-corrected chi connectivity index (χ2v) is 5.25. The molecule has 18 heavy (non-hydrogen) atoms. The van der Waals surface area contributed by atoms with E-state index >= 15 is 0 Å². The Morgan fingerprint density at radius 1 is 1.33 bits per heavy atom. The fourth-order valence-electron chi connectivity index (χ4n) is 2.89. The maximum atomic E-state index is 4.24. The largest absolute Gasteiger partial charge is 0.368 e. The van der Waals surface area contributed by atoms with Gasteiger partial charge in [0.05, 0.1) is 0 Å². The average Bonchev–Trinajstić information content (AvgIpc) is 2.46. The van der Waals surface area contributed by atoms with E-state index in [4.69, 9.17) is 0 Å². The van der Waals surface area contributed by atoms with Gasteiger partial charge in [-0.2, -0.15) is 0 Å². The molecule has 1 aliphatic carbocycles. The monoisotopic (exact) mass is 248 g/mol. The molecule has 1 N–H and O–H groups in total. The van der Waals surface area contributed by atoms with E-state index in [1.165, 1.54) is 32.1 Å². The lowest BCUT2D eigenvalue weighted by atomic mass is 9.80. The number of rotatable bonds is 5. The molecule has 4 heteroatoms. The minimum absolute atomic E-state index is 0.304. The van der Waals surface area contributed by atoms with E-state index in [1.807, 2.05) is 6.07 Å². The van der Waals surface area contributed by atoms with Crippen LogP contribution in [0.2, 0.25) is 0 Å². The number of hydrogen-bond acceptors (Lipinski definition) is 4. The number of hydrogen-bond donors (Lipinski definition) is 1. The molecule has 0 spiro atoms. The van der Waals surface area contributed by atoms with Crippen LogP contribution in [0, 0.1) is 0 Å². The van der Waals surface area contributed by atoms with Crippen LogP contribution in [0.15, 0.2) is 18.6 Å². The molecule has 0 radical (unpaired) electrons. The zero-order valence-corrected chi connectivity index (χ0v) is 11.5. The van der Waals surface area contributed by atoms with Gasteiger partial charge in [-0.05, 0) is 32.5 Å². The van der Waals surface area contributed by atoms with E-state index in [0.29, 0.717) is 5.54 Å². The quantitative estimate of drug-likeness (QED) is 0.869. The molecule has 1 heterocycles. The molecule has 1 aromatic heterocycles. The highest BCUT2D eigenvalue weighted by molar-refractivity contribution is 5.32. The van der Waals surface area contributed by atoms with Gasteiger partial charge in [-0.1, -0.05) is 26.2 Å². The summed E-state index contributed by atoms with van der Waals surface area (Å²) in [5, 5.41) is 3.48. The average molecular weight is 248 g/mol. The molecule has 100 valence electrons. The lowest BCUT2D eigenvalue weighted by molar-refractivity contribution is 0.0922. The van der Waals surface area contributed by atoms with E-state index < -0.39 is 0 Å². The highest BCUT2D eigenvalue weighted by atomic mass is 15.2.